The number of benzene rings is 2. The molecule has 284 valence electrons. The van der Waals surface area contributed by atoms with Crippen LogP contribution in [-0.4, -0.2) is 105 Å². The predicted molar refractivity (Wildman–Crippen MR) is 197 cm³/mol. The zero-order valence-corrected chi connectivity index (χ0v) is 31.8. The van der Waals surface area contributed by atoms with Gasteiger partial charge in [-0.1, -0.05) is 36.4 Å². The van der Waals surface area contributed by atoms with Crippen LogP contribution in [0.15, 0.2) is 36.4 Å². The lowest BCUT2D eigenvalue weighted by Crippen LogP contribution is -2.30. The van der Waals surface area contributed by atoms with Crippen LogP contribution in [0.3, 0.4) is 0 Å². The van der Waals surface area contributed by atoms with Crippen molar-refractivity contribution in [2.24, 2.45) is 0 Å². The molecule has 1 amide bonds. The number of rotatable bonds is 24. The number of hydrogen-bond acceptors (Lipinski definition) is 13. The van der Waals surface area contributed by atoms with Gasteiger partial charge in [-0.05, 0) is 61.1 Å². The normalized spacial score (nSPS) is 11.6. The van der Waals surface area contributed by atoms with Crippen LogP contribution in [0.4, 0.5) is 0 Å². The highest BCUT2D eigenvalue weighted by Crippen LogP contribution is 2.36. The van der Waals surface area contributed by atoms with Gasteiger partial charge in [-0.2, -0.15) is 12.6 Å². The van der Waals surface area contributed by atoms with Gasteiger partial charge in [-0.15, -0.1) is 11.8 Å². The summed E-state index contributed by atoms with van der Waals surface area (Å²) in [7, 11) is 1.34. The third-order valence-electron chi connectivity index (χ3n) is 7.16. The Morgan fingerprint density at radius 1 is 0.660 bits per heavy atom. The predicted octanol–water partition coefficient (Wildman–Crippen LogP) is 3.22. The van der Waals surface area contributed by atoms with E-state index < -0.39 is 0 Å². The van der Waals surface area contributed by atoms with Crippen molar-refractivity contribution >= 4 is 36.3 Å². The number of ether oxygens (including phenoxy) is 5. The van der Waals surface area contributed by atoms with Gasteiger partial charge in [-0.25, -0.2) is 0 Å². The van der Waals surface area contributed by atoms with Crippen molar-refractivity contribution in [1.29, 1.82) is 0 Å². The number of aliphatic hydroxyl groups excluding tert-OH is 4. The average molecular weight is 744 g/mol. The molecule has 2 aromatic carbocycles. The molecule has 0 heterocycles. The minimum atomic E-state index is -0.360. The second-order valence-electron chi connectivity index (χ2n) is 12.2. The molecule has 0 bridgehead atoms. The van der Waals surface area contributed by atoms with Crippen LogP contribution < -0.4 is 5.32 Å². The molecule has 5 N–H and O–H groups in total. The quantitative estimate of drug-likeness (QED) is 0.0528. The molecule has 0 unspecified atom stereocenters. The Balaban J connectivity index is 0.000000740. The van der Waals surface area contributed by atoms with Crippen LogP contribution >= 0.6 is 24.4 Å². The number of carbonyl (C=O) groups is 2. The summed E-state index contributed by atoms with van der Waals surface area (Å²) in [5.74, 6) is -0.0996. The van der Waals surface area contributed by atoms with E-state index >= 15 is 0 Å². The van der Waals surface area contributed by atoms with E-state index in [-0.39, 0.29) is 60.0 Å². The van der Waals surface area contributed by atoms with Gasteiger partial charge in [0, 0.05) is 16.0 Å². The Labute approximate surface area is 306 Å². The van der Waals surface area contributed by atoms with Gasteiger partial charge >= 0.3 is 5.97 Å². The molecule has 0 aliphatic heterocycles. The smallest absolute Gasteiger partial charge is 0.307 e. The topological polar surface area (TPSA) is 173 Å². The van der Waals surface area contributed by atoms with Crippen LogP contribution in [0.2, 0.25) is 0 Å². The third-order valence-corrected chi connectivity index (χ3v) is 8.79. The Hall–Kier alpha value is -2.24. The van der Waals surface area contributed by atoms with Crippen LogP contribution in [0.1, 0.15) is 67.5 Å². The average Bonchev–Trinajstić information content (AvgIpc) is 3.11. The van der Waals surface area contributed by atoms with Crippen molar-refractivity contribution < 1.29 is 53.7 Å². The lowest BCUT2D eigenvalue weighted by Gasteiger charge is -2.25. The number of hydrogen-bond donors (Lipinski definition) is 6. The van der Waals surface area contributed by atoms with Crippen molar-refractivity contribution in [2.45, 2.75) is 70.0 Å². The first kappa shape index (κ1) is 45.8. The fraction of sp³-hybridized carbons (Fsp3) is 0.611. The maximum Gasteiger partial charge on any atom is 0.307 e. The number of amides is 1. The van der Waals surface area contributed by atoms with Crippen LogP contribution in [-0.2, 0) is 69.2 Å². The Bertz CT molecular complexity index is 1210. The number of thioether (sulfide) groups is 1. The molecule has 0 spiro atoms. The number of aliphatic hydroxyl groups is 4. The summed E-state index contributed by atoms with van der Waals surface area (Å²) in [6, 6.07) is 11.2. The second-order valence-corrected chi connectivity index (χ2v) is 14.9. The number of nitrogens with one attached hydrogen (secondary N) is 1. The summed E-state index contributed by atoms with van der Waals surface area (Å²) < 4.78 is 25.4. The first-order valence-electron chi connectivity index (χ1n) is 16.5. The Kier molecular flexibility index (Phi) is 23.5. The zero-order chi connectivity index (χ0) is 37.4. The van der Waals surface area contributed by atoms with Crippen molar-refractivity contribution in [1.82, 2.24) is 5.32 Å². The van der Waals surface area contributed by atoms with E-state index in [2.05, 4.69) is 22.7 Å². The van der Waals surface area contributed by atoms with E-state index in [9.17, 15) is 19.8 Å². The largest absolute Gasteiger partial charge is 0.469 e. The van der Waals surface area contributed by atoms with Gasteiger partial charge in [0.1, 0.15) is 0 Å². The molecule has 50 heavy (non-hydrogen) atoms. The highest BCUT2D eigenvalue weighted by molar-refractivity contribution is 8.00. The number of thiol groups is 1. The van der Waals surface area contributed by atoms with Crippen molar-refractivity contribution in [3.05, 3.63) is 69.8 Å². The molecule has 0 aromatic heterocycles. The molecule has 0 saturated carbocycles. The van der Waals surface area contributed by atoms with E-state index in [0.717, 1.165) is 33.4 Å². The summed E-state index contributed by atoms with van der Waals surface area (Å²) in [6.07, 6.45) is 0.230. The molecule has 2 aromatic rings. The fourth-order valence-corrected chi connectivity index (χ4v) is 5.26. The summed E-state index contributed by atoms with van der Waals surface area (Å²) >= 11 is 5.95. The van der Waals surface area contributed by atoms with E-state index in [1.54, 1.807) is 12.1 Å². The standard InChI is InChI=1S/C25H41NO9S.C11H16O2S/c1-25(2,22-15-20(17-27)14-21(16-22)18-28)36-19-23(29)26-5-7-33-9-11-35-13-12-34-10-8-32-6-4-24(30)31-3;1-11(2,14)10-4-8(6-12)3-9(5-10)7-13/h14-16,27-28H,4-13,17-19H2,1-3H3,(H,26,29);3-5,12-14H,6-7H2,1-2H3. The van der Waals surface area contributed by atoms with Crippen molar-refractivity contribution in [3.63, 3.8) is 0 Å². The zero-order valence-electron chi connectivity index (χ0n) is 30.1. The van der Waals surface area contributed by atoms with E-state index in [1.807, 2.05) is 52.0 Å². The Morgan fingerprint density at radius 2 is 1.06 bits per heavy atom. The monoisotopic (exact) mass is 743 g/mol. The summed E-state index contributed by atoms with van der Waals surface area (Å²) in [5.41, 5.74) is 5.07. The van der Waals surface area contributed by atoms with E-state index in [1.165, 1.54) is 18.9 Å². The van der Waals surface area contributed by atoms with Crippen LogP contribution in [0, 0.1) is 0 Å². The molecule has 2 rings (SSSR count). The molecule has 0 atom stereocenters. The van der Waals surface area contributed by atoms with E-state index in [4.69, 9.17) is 29.2 Å². The number of esters is 1. The first-order valence-corrected chi connectivity index (χ1v) is 17.9. The van der Waals surface area contributed by atoms with Crippen LogP contribution in [0.25, 0.3) is 0 Å². The molecular formula is C36H57NO11S2. The molecular weight excluding hydrogens is 687 g/mol. The lowest BCUT2D eigenvalue weighted by atomic mass is 9.97. The first-order chi connectivity index (χ1) is 23.8. The Morgan fingerprint density at radius 3 is 1.46 bits per heavy atom. The third kappa shape index (κ3) is 20.0. The van der Waals surface area contributed by atoms with Gasteiger partial charge in [0.15, 0.2) is 0 Å². The molecule has 0 radical (unpaired) electrons. The molecule has 12 nitrogen and oxygen atoms in total. The minimum Gasteiger partial charge on any atom is -0.469 e. The number of carbonyl (C=O) groups excluding carboxylic acids is 2. The maximum absolute atomic E-state index is 12.2. The summed E-state index contributed by atoms with van der Waals surface area (Å²) in [6.45, 7) is 11.4. The van der Waals surface area contributed by atoms with E-state index in [0.29, 0.717) is 59.4 Å². The van der Waals surface area contributed by atoms with Crippen molar-refractivity contribution in [3.8, 4) is 0 Å². The molecule has 14 heteroatoms. The van der Waals surface area contributed by atoms with Gasteiger partial charge in [0.25, 0.3) is 0 Å². The SMILES string of the molecule is CC(C)(S)c1cc(CO)cc(CO)c1.COC(=O)CCOCCOCCOCCOCCNC(=O)CSC(C)(C)c1cc(CO)cc(CO)c1. The second kappa shape index (κ2) is 25.7. The minimum absolute atomic E-state index is 0.00923. The van der Waals surface area contributed by atoms with Gasteiger partial charge < -0.3 is 49.4 Å². The number of methoxy groups -OCH3 is 1. The maximum atomic E-state index is 12.2. The highest BCUT2D eigenvalue weighted by atomic mass is 32.2. The summed E-state index contributed by atoms with van der Waals surface area (Å²) in [4.78, 5) is 23.1. The van der Waals surface area contributed by atoms with Gasteiger partial charge in [0.05, 0.1) is 98.6 Å². The van der Waals surface area contributed by atoms with Gasteiger partial charge in [-0.3, -0.25) is 9.59 Å². The highest BCUT2D eigenvalue weighted by Gasteiger charge is 2.23. The van der Waals surface area contributed by atoms with Gasteiger partial charge in [0.2, 0.25) is 5.91 Å². The molecule has 0 aliphatic rings. The summed E-state index contributed by atoms with van der Waals surface area (Å²) in [5, 5.41) is 39.8. The van der Waals surface area contributed by atoms with Crippen molar-refractivity contribution in [2.75, 3.05) is 72.3 Å². The molecule has 0 saturated heterocycles. The molecule has 0 fully saturated rings. The molecule has 0 aliphatic carbocycles. The fourth-order valence-electron chi connectivity index (χ4n) is 4.25. The lowest BCUT2D eigenvalue weighted by molar-refractivity contribution is -0.142. The van der Waals surface area contributed by atoms with Crippen LogP contribution in [0.5, 0.6) is 0 Å².